The molecule has 0 spiro atoms. The van der Waals surface area contributed by atoms with Crippen molar-refractivity contribution < 1.29 is 19.4 Å². The van der Waals surface area contributed by atoms with Crippen LogP contribution in [0.25, 0.3) is 0 Å². The molecule has 0 saturated heterocycles. The van der Waals surface area contributed by atoms with E-state index < -0.39 is 17.9 Å². The van der Waals surface area contributed by atoms with E-state index in [2.05, 4.69) is 5.32 Å². The van der Waals surface area contributed by atoms with Gasteiger partial charge >= 0.3 is 5.97 Å². The zero-order valence-electron chi connectivity index (χ0n) is 12.9. The van der Waals surface area contributed by atoms with Gasteiger partial charge in [-0.1, -0.05) is 36.4 Å². The summed E-state index contributed by atoms with van der Waals surface area (Å²) in [7, 11) is 0. The summed E-state index contributed by atoms with van der Waals surface area (Å²) in [5.41, 5.74) is 6.87. The van der Waals surface area contributed by atoms with Gasteiger partial charge in [0.25, 0.3) is 0 Å². The molecule has 0 bridgehead atoms. The van der Waals surface area contributed by atoms with Crippen molar-refractivity contribution in [3.05, 3.63) is 59.7 Å². The van der Waals surface area contributed by atoms with Gasteiger partial charge in [-0.25, -0.2) is 0 Å². The quantitative estimate of drug-likeness (QED) is 0.755. The maximum absolute atomic E-state index is 11.6. The summed E-state index contributed by atoms with van der Waals surface area (Å²) < 4.78 is 5.89. The molecule has 3 rings (SSSR count). The predicted octanol–water partition coefficient (Wildman–Crippen LogP) is 2.19. The SMILES string of the molecule is NC(=O)CC[C@H](NC1c2ccccc2Oc2ccccc21)C(=O)O. The molecule has 1 aliphatic rings. The van der Waals surface area contributed by atoms with Crippen LogP contribution in [0.3, 0.4) is 0 Å². The fourth-order valence-electron chi connectivity index (χ4n) is 2.86. The molecule has 1 heterocycles. The predicted molar refractivity (Wildman–Crippen MR) is 87.8 cm³/mol. The third-order valence-corrected chi connectivity index (χ3v) is 4.03. The van der Waals surface area contributed by atoms with Gasteiger partial charge in [0.05, 0.1) is 6.04 Å². The number of amides is 1. The minimum absolute atomic E-state index is 0.0104. The zero-order valence-corrected chi connectivity index (χ0v) is 12.9. The van der Waals surface area contributed by atoms with E-state index in [1.165, 1.54) is 0 Å². The van der Waals surface area contributed by atoms with E-state index >= 15 is 0 Å². The van der Waals surface area contributed by atoms with Gasteiger partial charge in [-0.2, -0.15) is 0 Å². The molecule has 0 aromatic heterocycles. The van der Waals surface area contributed by atoms with Crippen molar-refractivity contribution in [2.75, 3.05) is 0 Å². The fraction of sp³-hybridized carbons (Fsp3) is 0.222. The zero-order chi connectivity index (χ0) is 17.1. The first-order valence-corrected chi connectivity index (χ1v) is 7.69. The Morgan fingerprint density at radius 3 is 2.12 bits per heavy atom. The molecule has 0 fully saturated rings. The molecule has 1 amide bonds. The van der Waals surface area contributed by atoms with E-state index in [-0.39, 0.29) is 18.9 Å². The Labute approximate surface area is 139 Å². The highest BCUT2D eigenvalue weighted by Gasteiger charge is 2.30. The molecule has 0 saturated carbocycles. The van der Waals surface area contributed by atoms with E-state index in [1.807, 2.05) is 48.5 Å². The van der Waals surface area contributed by atoms with Gasteiger partial charge in [0, 0.05) is 17.5 Å². The minimum Gasteiger partial charge on any atom is -0.480 e. The second-order valence-electron chi connectivity index (χ2n) is 5.67. The number of nitrogens with two attached hydrogens (primary N) is 1. The fourth-order valence-corrected chi connectivity index (χ4v) is 2.86. The number of benzene rings is 2. The van der Waals surface area contributed by atoms with Gasteiger partial charge in [-0.3, -0.25) is 14.9 Å². The summed E-state index contributed by atoms with van der Waals surface area (Å²) >= 11 is 0. The summed E-state index contributed by atoms with van der Waals surface area (Å²) in [6.45, 7) is 0. The van der Waals surface area contributed by atoms with Gasteiger partial charge < -0.3 is 15.6 Å². The topological polar surface area (TPSA) is 102 Å². The van der Waals surface area contributed by atoms with E-state index in [0.29, 0.717) is 11.5 Å². The van der Waals surface area contributed by atoms with Gasteiger partial charge in [-0.05, 0) is 18.6 Å². The third kappa shape index (κ3) is 3.23. The van der Waals surface area contributed by atoms with Crippen LogP contribution in [0.15, 0.2) is 48.5 Å². The molecule has 1 aliphatic heterocycles. The van der Waals surface area contributed by atoms with Crippen LogP contribution in [0.2, 0.25) is 0 Å². The molecule has 1 atom stereocenters. The largest absolute Gasteiger partial charge is 0.480 e. The van der Waals surface area contributed by atoms with Crippen molar-refractivity contribution in [1.82, 2.24) is 5.32 Å². The number of ether oxygens (including phenoxy) is 1. The van der Waals surface area contributed by atoms with Crippen LogP contribution in [0.1, 0.15) is 30.0 Å². The molecule has 6 nitrogen and oxygen atoms in total. The number of para-hydroxylation sites is 2. The molecule has 0 aliphatic carbocycles. The summed E-state index contributed by atoms with van der Waals surface area (Å²) in [4.78, 5) is 22.6. The summed E-state index contributed by atoms with van der Waals surface area (Å²) in [6.07, 6.45) is 0.142. The average molecular weight is 326 g/mol. The molecular weight excluding hydrogens is 308 g/mol. The molecule has 4 N–H and O–H groups in total. The number of hydrogen-bond donors (Lipinski definition) is 3. The molecule has 0 radical (unpaired) electrons. The molecule has 2 aromatic carbocycles. The molecule has 0 unspecified atom stereocenters. The highest BCUT2D eigenvalue weighted by atomic mass is 16.5. The molecule has 6 heteroatoms. The van der Waals surface area contributed by atoms with Crippen molar-refractivity contribution >= 4 is 11.9 Å². The number of nitrogens with one attached hydrogen (secondary N) is 1. The lowest BCUT2D eigenvalue weighted by atomic mass is 9.93. The van der Waals surface area contributed by atoms with Crippen molar-refractivity contribution in [2.45, 2.75) is 24.9 Å². The molecule has 2 aromatic rings. The Hall–Kier alpha value is -2.86. The minimum atomic E-state index is -1.02. The number of primary amides is 1. The van der Waals surface area contributed by atoms with Crippen LogP contribution < -0.4 is 15.8 Å². The van der Waals surface area contributed by atoms with E-state index in [0.717, 1.165) is 11.1 Å². The number of carbonyl (C=O) groups is 2. The van der Waals surface area contributed by atoms with E-state index in [1.54, 1.807) is 0 Å². The second-order valence-corrected chi connectivity index (χ2v) is 5.67. The molecule has 24 heavy (non-hydrogen) atoms. The van der Waals surface area contributed by atoms with Crippen LogP contribution in [0.5, 0.6) is 11.5 Å². The monoisotopic (exact) mass is 326 g/mol. The number of carboxylic acids is 1. The first kappa shape index (κ1) is 16.0. The number of fused-ring (bicyclic) bond motifs is 2. The lowest BCUT2D eigenvalue weighted by molar-refractivity contribution is -0.139. The maximum Gasteiger partial charge on any atom is 0.320 e. The van der Waals surface area contributed by atoms with Gasteiger partial charge in [0.15, 0.2) is 0 Å². The highest BCUT2D eigenvalue weighted by Crippen LogP contribution is 2.42. The van der Waals surface area contributed by atoms with Crippen LogP contribution in [-0.2, 0) is 9.59 Å². The Kier molecular flexibility index (Phi) is 4.48. The Balaban J connectivity index is 1.94. The van der Waals surface area contributed by atoms with E-state index in [4.69, 9.17) is 10.5 Å². The maximum atomic E-state index is 11.6. The normalized spacial score (nSPS) is 14.2. The second kappa shape index (κ2) is 6.72. The van der Waals surface area contributed by atoms with Crippen molar-refractivity contribution in [3.63, 3.8) is 0 Å². The third-order valence-electron chi connectivity index (χ3n) is 4.03. The molecule has 124 valence electrons. The van der Waals surface area contributed by atoms with Crippen LogP contribution in [-0.4, -0.2) is 23.0 Å². The summed E-state index contributed by atoms with van der Waals surface area (Å²) in [5, 5.41) is 12.6. The van der Waals surface area contributed by atoms with Crippen molar-refractivity contribution in [2.24, 2.45) is 5.73 Å². The van der Waals surface area contributed by atoms with Crippen LogP contribution >= 0.6 is 0 Å². The van der Waals surface area contributed by atoms with Crippen LogP contribution in [0, 0.1) is 0 Å². The number of aliphatic carboxylic acids is 1. The first-order chi connectivity index (χ1) is 11.6. The number of hydrogen-bond acceptors (Lipinski definition) is 4. The van der Waals surface area contributed by atoms with Crippen molar-refractivity contribution in [1.29, 1.82) is 0 Å². The highest BCUT2D eigenvalue weighted by molar-refractivity contribution is 5.77. The number of rotatable bonds is 6. The van der Waals surface area contributed by atoms with Crippen molar-refractivity contribution in [3.8, 4) is 11.5 Å². The Morgan fingerprint density at radius 1 is 1.08 bits per heavy atom. The van der Waals surface area contributed by atoms with Crippen LogP contribution in [0.4, 0.5) is 0 Å². The van der Waals surface area contributed by atoms with Gasteiger partial charge in [0.2, 0.25) is 5.91 Å². The standard InChI is InChI=1S/C18H18N2O4/c19-16(21)10-9-13(18(22)23)20-17-11-5-1-3-7-14(11)24-15-8-4-2-6-12(15)17/h1-8,13,17,20H,9-10H2,(H2,19,21)(H,22,23)/t13-/m0/s1. The number of carboxylic acid groups (broad SMARTS) is 1. The average Bonchev–Trinajstić information content (AvgIpc) is 2.57. The Morgan fingerprint density at radius 2 is 1.62 bits per heavy atom. The Bertz CT molecular complexity index is 730. The van der Waals surface area contributed by atoms with Gasteiger partial charge in [-0.15, -0.1) is 0 Å². The van der Waals surface area contributed by atoms with Gasteiger partial charge in [0.1, 0.15) is 17.5 Å². The van der Waals surface area contributed by atoms with E-state index in [9.17, 15) is 14.7 Å². The number of carbonyl (C=O) groups excluding carboxylic acids is 1. The lowest BCUT2D eigenvalue weighted by Gasteiger charge is -2.31. The molecular formula is C18H18N2O4. The summed E-state index contributed by atoms with van der Waals surface area (Å²) in [6, 6.07) is 13.8. The first-order valence-electron chi connectivity index (χ1n) is 7.69. The summed E-state index contributed by atoms with van der Waals surface area (Å²) in [5.74, 6) is -0.158. The lowest BCUT2D eigenvalue weighted by Crippen LogP contribution is -2.41. The smallest absolute Gasteiger partial charge is 0.320 e.